The molecule has 0 aromatic carbocycles. The number of aromatic nitrogens is 4. The lowest BCUT2D eigenvalue weighted by molar-refractivity contribution is -0.158. The number of rotatable bonds is 11. The Labute approximate surface area is 247 Å². The number of carboxylic acids is 1. The Morgan fingerprint density at radius 1 is 1.26 bits per heavy atom. The molecule has 4 aliphatic rings. The highest BCUT2D eigenvalue weighted by atomic mass is 32.2. The predicted molar refractivity (Wildman–Crippen MR) is 149 cm³/mol. The lowest BCUT2D eigenvalue weighted by atomic mass is 9.78. The quantitative estimate of drug-likeness (QED) is 0.158. The lowest BCUT2D eigenvalue weighted by Crippen LogP contribution is -2.66. The molecule has 5 rings (SSSR count). The molecule has 0 aliphatic carbocycles. The molecule has 230 valence electrons. The Balaban J connectivity index is 1.17. The van der Waals surface area contributed by atoms with Crippen molar-refractivity contribution >= 4 is 35.5 Å². The molecule has 3 amide bonds. The van der Waals surface area contributed by atoms with E-state index in [4.69, 9.17) is 5.73 Å². The molecule has 4 aliphatic heterocycles. The van der Waals surface area contributed by atoms with Gasteiger partial charge in [0.1, 0.15) is 18.6 Å². The number of fused-ring (bicyclic) bond motifs is 1. The van der Waals surface area contributed by atoms with Crippen LogP contribution in [-0.2, 0) is 25.7 Å². The minimum absolute atomic E-state index is 0.00321. The summed E-state index contributed by atoms with van der Waals surface area (Å²) in [4.78, 5) is 57.1. The van der Waals surface area contributed by atoms with E-state index in [2.05, 4.69) is 31.1 Å². The number of β-amino-alcohol motifs (C(OH)–C–C–N with tert-alkyl or cyclic N) is 1. The van der Waals surface area contributed by atoms with Gasteiger partial charge in [-0.25, -0.2) is 9.48 Å². The number of tetrazole rings is 1. The summed E-state index contributed by atoms with van der Waals surface area (Å²) in [5, 5.41) is 36.6. The van der Waals surface area contributed by atoms with E-state index in [1.54, 1.807) is 6.92 Å². The summed E-state index contributed by atoms with van der Waals surface area (Å²) in [6, 6.07) is -1.26. The largest absolute Gasteiger partial charge is 0.477 e. The first-order valence-electron chi connectivity index (χ1n) is 14.2. The summed E-state index contributed by atoms with van der Waals surface area (Å²) in [6.45, 7) is 7.28. The highest BCUT2D eigenvalue weighted by molar-refractivity contribution is 8.03. The van der Waals surface area contributed by atoms with Gasteiger partial charge in [-0.15, -0.1) is 16.9 Å². The fourth-order valence-corrected chi connectivity index (χ4v) is 7.87. The zero-order valence-electron chi connectivity index (χ0n) is 23.6. The van der Waals surface area contributed by atoms with Gasteiger partial charge < -0.3 is 36.4 Å². The van der Waals surface area contributed by atoms with Crippen LogP contribution in [0.1, 0.15) is 20.3 Å². The number of nitrogens with one attached hydrogen (secondary N) is 2. The number of piperazine rings is 1. The van der Waals surface area contributed by atoms with Gasteiger partial charge in [0.05, 0.1) is 24.1 Å². The van der Waals surface area contributed by atoms with Crippen molar-refractivity contribution in [3.8, 4) is 0 Å². The van der Waals surface area contributed by atoms with E-state index in [-0.39, 0.29) is 59.8 Å². The third-order valence-corrected chi connectivity index (χ3v) is 10.0. The summed E-state index contributed by atoms with van der Waals surface area (Å²) < 4.78 is 1.27. The maximum absolute atomic E-state index is 13.2. The van der Waals surface area contributed by atoms with Crippen molar-refractivity contribution in [2.24, 2.45) is 17.6 Å². The van der Waals surface area contributed by atoms with Gasteiger partial charge >= 0.3 is 5.97 Å². The number of carbonyl (C=O) groups excluding carboxylic acids is 3. The zero-order chi connectivity index (χ0) is 30.1. The van der Waals surface area contributed by atoms with E-state index in [9.17, 15) is 29.4 Å². The average Bonchev–Trinajstić information content (AvgIpc) is 3.69. The van der Waals surface area contributed by atoms with Crippen molar-refractivity contribution in [2.45, 2.75) is 56.3 Å². The average molecular weight is 607 g/mol. The number of carbonyl (C=O) groups is 4. The van der Waals surface area contributed by atoms with Crippen LogP contribution in [0.25, 0.3) is 0 Å². The number of aliphatic hydroxyl groups excluding tert-OH is 1. The van der Waals surface area contributed by atoms with E-state index in [1.807, 2.05) is 11.8 Å². The van der Waals surface area contributed by atoms with Crippen LogP contribution < -0.4 is 16.4 Å². The van der Waals surface area contributed by atoms with E-state index < -0.39 is 24.0 Å². The van der Waals surface area contributed by atoms with Crippen LogP contribution in [0.4, 0.5) is 0 Å². The molecule has 1 aromatic rings. The minimum atomic E-state index is -1.16. The molecular formula is C25H38N10O6S. The number of nitrogens with two attached hydrogens (primary N) is 1. The minimum Gasteiger partial charge on any atom is -0.477 e. The Bertz CT molecular complexity index is 1220. The van der Waals surface area contributed by atoms with Crippen LogP contribution >= 0.6 is 11.8 Å². The van der Waals surface area contributed by atoms with Gasteiger partial charge in [-0.1, -0.05) is 6.92 Å². The van der Waals surface area contributed by atoms with Crippen molar-refractivity contribution in [2.75, 3.05) is 45.8 Å². The first-order valence-corrected chi connectivity index (χ1v) is 15.1. The molecule has 42 heavy (non-hydrogen) atoms. The summed E-state index contributed by atoms with van der Waals surface area (Å²) in [6.07, 6.45) is 1.29. The predicted octanol–water partition coefficient (Wildman–Crippen LogP) is -3.12. The number of hydrogen-bond donors (Lipinski definition) is 5. The highest BCUT2D eigenvalue weighted by Crippen LogP contribution is 2.51. The maximum atomic E-state index is 13.2. The Hall–Kier alpha value is -3.12. The van der Waals surface area contributed by atoms with Gasteiger partial charge in [-0.05, 0) is 23.8 Å². The van der Waals surface area contributed by atoms with E-state index >= 15 is 0 Å². The molecule has 17 heteroatoms. The molecule has 0 saturated carbocycles. The molecule has 0 spiro atoms. The second-order valence-electron chi connectivity index (χ2n) is 11.3. The Kier molecular flexibility index (Phi) is 9.12. The summed E-state index contributed by atoms with van der Waals surface area (Å²) >= 11 is 1.43. The molecule has 3 fully saturated rings. The van der Waals surface area contributed by atoms with Crippen molar-refractivity contribution < 1.29 is 29.4 Å². The molecule has 6 N–H and O–H groups in total. The van der Waals surface area contributed by atoms with Crippen LogP contribution in [0.2, 0.25) is 0 Å². The fraction of sp³-hybridized carbons (Fsp3) is 0.720. The van der Waals surface area contributed by atoms with Gasteiger partial charge in [0.2, 0.25) is 17.7 Å². The van der Waals surface area contributed by atoms with Crippen LogP contribution in [0, 0.1) is 11.8 Å². The number of aliphatic carboxylic acids is 1. The SMILES string of the molecule is C[C@@H](NC(=O)Cn1cnnn1)[C@H]1C(=O)N2C(C(=O)O)=C(S[C@@H]3CN[C@H](C(=O)N4CCN(C[C@@H](O)CN)CC4)C3)[C@H](C)[C@H]12. The van der Waals surface area contributed by atoms with Crippen molar-refractivity contribution in [3.05, 3.63) is 16.9 Å². The Morgan fingerprint density at radius 2 is 2.00 bits per heavy atom. The number of carboxylic acid groups (broad SMARTS) is 1. The normalized spacial score (nSPS) is 29.3. The van der Waals surface area contributed by atoms with E-state index in [0.29, 0.717) is 50.6 Å². The molecule has 0 bridgehead atoms. The smallest absolute Gasteiger partial charge is 0.353 e. The topological polar surface area (TPSA) is 212 Å². The van der Waals surface area contributed by atoms with Gasteiger partial charge in [0.15, 0.2) is 0 Å². The number of thioether (sulfide) groups is 1. The second kappa shape index (κ2) is 12.6. The molecule has 1 aromatic heterocycles. The number of nitrogens with zero attached hydrogens (tertiary/aromatic N) is 7. The van der Waals surface area contributed by atoms with Crippen LogP contribution in [0.5, 0.6) is 0 Å². The van der Waals surface area contributed by atoms with Crippen LogP contribution in [0.15, 0.2) is 16.9 Å². The van der Waals surface area contributed by atoms with Gasteiger partial charge in [0.25, 0.3) is 0 Å². The molecule has 3 saturated heterocycles. The molecule has 16 nitrogen and oxygen atoms in total. The van der Waals surface area contributed by atoms with Crippen molar-refractivity contribution in [1.82, 2.24) is 45.5 Å². The maximum Gasteiger partial charge on any atom is 0.353 e. The van der Waals surface area contributed by atoms with E-state index in [0.717, 1.165) is 0 Å². The molecule has 0 radical (unpaired) electrons. The van der Waals surface area contributed by atoms with Gasteiger partial charge in [-0.2, -0.15) is 0 Å². The number of amides is 3. The number of β-lactam (4-membered cyclic amide) rings is 1. The summed E-state index contributed by atoms with van der Waals surface area (Å²) in [7, 11) is 0. The van der Waals surface area contributed by atoms with Crippen LogP contribution in [-0.4, -0.2) is 144 Å². The first kappa shape index (κ1) is 30.3. The van der Waals surface area contributed by atoms with Crippen LogP contribution in [0.3, 0.4) is 0 Å². The first-order chi connectivity index (χ1) is 20.1. The highest BCUT2D eigenvalue weighted by Gasteiger charge is 2.60. The fourth-order valence-electron chi connectivity index (χ4n) is 6.39. The van der Waals surface area contributed by atoms with Crippen molar-refractivity contribution in [3.63, 3.8) is 0 Å². The number of hydrogen-bond acceptors (Lipinski definition) is 12. The summed E-state index contributed by atoms with van der Waals surface area (Å²) in [5.74, 6) is -2.62. The van der Waals surface area contributed by atoms with E-state index in [1.165, 1.54) is 27.7 Å². The lowest BCUT2D eigenvalue weighted by Gasteiger charge is -2.47. The summed E-state index contributed by atoms with van der Waals surface area (Å²) in [5.41, 5.74) is 5.50. The number of aliphatic hydroxyl groups is 1. The molecular weight excluding hydrogens is 568 g/mol. The third kappa shape index (κ3) is 6.01. The third-order valence-electron chi connectivity index (χ3n) is 8.52. The van der Waals surface area contributed by atoms with Gasteiger partial charge in [-0.3, -0.25) is 19.3 Å². The van der Waals surface area contributed by atoms with Crippen molar-refractivity contribution in [1.29, 1.82) is 0 Å². The zero-order valence-corrected chi connectivity index (χ0v) is 24.4. The monoisotopic (exact) mass is 606 g/mol. The molecule has 7 atom stereocenters. The Morgan fingerprint density at radius 3 is 2.64 bits per heavy atom. The standard InChI is InChI=1S/C25H38N10O6S/c1-13-20-19(14(2)29-18(37)11-34-12-28-30-31-34)24(39)35(20)21(25(40)41)22(13)42-16-7-17(27-9-16)23(38)33-5-3-32(4-6-33)10-15(36)8-26/h12-17,19-20,27,36H,3-11,26H2,1-2H3,(H,29,37)(H,40,41)/t13-,14-,15+,16+,17+,19-,20-/m1/s1. The molecule has 5 heterocycles. The van der Waals surface area contributed by atoms with Gasteiger partial charge in [0, 0.05) is 67.9 Å². The molecule has 0 unspecified atom stereocenters. The second-order valence-corrected chi connectivity index (χ2v) is 12.7.